The predicted octanol–water partition coefficient (Wildman–Crippen LogP) is 3.44. The maximum Gasteiger partial charge on any atom is 0.246 e. The Morgan fingerprint density at radius 1 is 1.31 bits per heavy atom. The third-order valence-electron chi connectivity index (χ3n) is 2.80. The van der Waals surface area contributed by atoms with Crippen LogP contribution in [-0.4, -0.2) is 29.0 Å². The number of amides is 1. The van der Waals surface area contributed by atoms with Crippen molar-refractivity contribution in [3.05, 3.63) is 12.2 Å². The molecular weight excluding hydrogens is 218 g/mol. The van der Waals surface area contributed by atoms with Crippen LogP contribution < -0.4 is 0 Å². The average molecular weight is 241 g/mol. The van der Waals surface area contributed by atoms with E-state index in [1.165, 1.54) is 32.1 Å². The number of thioether (sulfide) groups is 1. The van der Waals surface area contributed by atoms with Gasteiger partial charge in [-0.15, -0.1) is 11.8 Å². The number of allylic oxidation sites excluding steroid dienone is 1. The first-order valence-electron chi connectivity index (χ1n) is 6.37. The minimum atomic E-state index is 0.193. The molecule has 0 aromatic heterocycles. The van der Waals surface area contributed by atoms with Gasteiger partial charge < -0.3 is 4.90 Å². The smallest absolute Gasteiger partial charge is 0.246 e. The van der Waals surface area contributed by atoms with E-state index >= 15 is 0 Å². The normalized spacial score (nSPS) is 16.2. The predicted molar refractivity (Wildman–Crippen MR) is 71.6 cm³/mol. The summed E-state index contributed by atoms with van der Waals surface area (Å²) in [6.07, 6.45) is 11.3. The lowest BCUT2D eigenvalue weighted by atomic mass is 10.1. The Hall–Kier alpha value is -0.440. The molecular formula is C13H23NOS. The van der Waals surface area contributed by atoms with E-state index in [2.05, 4.69) is 6.92 Å². The molecule has 1 aliphatic rings. The Bertz CT molecular complexity index is 222. The molecule has 0 atom stereocenters. The molecule has 0 saturated carbocycles. The first kappa shape index (κ1) is 13.6. The molecule has 1 heterocycles. The van der Waals surface area contributed by atoms with Gasteiger partial charge in [0.05, 0.1) is 5.88 Å². The molecule has 0 aliphatic carbocycles. The van der Waals surface area contributed by atoms with Crippen LogP contribution in [0.1, 0.15) is 45.4 Å². The molecule has 16 heavy (non-hydrogen) atoms. The fourth-order valence-corrected chi connectivity index (χ4v) is 2.70. The van der Waals surface area contributed by atoms with Crippen LogP contribution in [0.4, 0.5) is 0 Å². The summed E-state index contributed by atoms with van der Waals surface area (Å²) in [5, 5.41) is 0. The van der Waals surface area contributed by atoms with Crippen molar-refractivity contribution in [3.8, 4) is 0 Å². The summed E-state index contributed by atoms with van der Waals surface area (Å²) in [6.45, 7) is 3.15. The van der Waals surface area contributed by atoms with E-state index in [1.54, 1.807) is 6.08 Å². The molecule has 1 fully saturated rings. The third kappa shape index (κ3) is 5.59. The topological polar surface area (TPSA) is 20.3 Å². The van der Waals surface area contributed by atoms with E-state index in [-0.39, 0.29) is 5.91 Å². The molecule has 1 rings (SSSR count). The molecule has 92 valence electrons. The maximum absolute atomic E-state index is 11.6. The van der Waals surface area contributed by atoms with Crippen LogP contribution in [0.25, 0.3) is 0 Å². The highest BCUT2D eigenvalue weighted by atomic mass is 32.2. The number of carbonyl (C=O) groups is 1. The molecule has 3 heteroatoms. The Labute approximate surface area is 103 Å². The molecule has 1 saturated heterocycles. The lowest BCUT2D eigenvalue weighted by Gasteiger charge is -2.10. The van der Waals surface area contributed by atoms with E-state index in [9.17, 15) is 4.79 Å². The maximum atomic E-state index is 11.6. The van der Waals surface area contributed by atoms with Gasteiger partial charge in [-0.25, -0.2) is 0 Å². The van der Waals surface area contributed by atoms with Crippen LogP contribution in [0.3, 0.4) is 0 Å². The van der Waals surface area contributed by atoms with Gasteiger partial charge in [0.15, 0.2) is 0 Å². The molecule has 1 aliphatic heterocycles. The van der Waals surface area contributed by atoms with Gasteiger partial charge in [-0.1, -0.05) is 38.7 Å². The average Bonchev–Trinajstić information content (AvgIpc) is 2.81. The van der Waals surface area contributed by atoms with E-state index in [1.807, 2.05) is 22.7 Å². The van der Waals surface area contributed by atoms with Gasteiger partial charge in [0.2, 0.25) is 5.91 Å². The number of hydrogen-bond donors (Lipinski definition) is 0. The number of rotatable bonds is 7. The summed E-state index contributed by atoms with van der Waals surface area (Å²) in [6, 6.07) is 0. The summed E-state index contributed by atoms with van der Waals surface area (Å²) in [4.78, 5) is 13.5. The Kier molecular flexibility index (Phi) is 7.39. The van der Waals surface area contributed by atoms with Crippen molar-refractivity contribution in [1.29, 1.82) is 0 Å². The molecule has 0 N–H and O–H groups in total. The van der Waals surface area contributed by atoms with Crippen LogP contribution in [0.2, 0.25) is 0 Å². The van der Waals surface area contributed by atoms with E-state index in [0.29, 0.717) is 0 Å². The molecule has 0 bridgehead atoms. The van der Waals surface area contributed by atoms with Gasteiger partial charge in [-0.2, -0.15) is 0 Å². The third-order valence-corrected chi connectivity index (χ3v) is 3.76. The van der Waals surface area contributed by atoms with Crippen LogP contribution in [0.15, 0.2) is 12.2 Å². The minimum Gasteiger partial charge on any atom is -0.329 e. The van der Waals surface area contributed by atoms with Gasteiger partial charge in [-0.05, 0) is 18.9 Å². The minimum absolute atomic E-state index is 0.193. The summed E-state index contributed by atoms with van der Waals surface area (Å²) in [5.74, 6) is 2.16. The van der Waals surface area contributed by atoms with Gasteiger partial charge in [0.25, 0.3) is 0 Å². The fraction of sp³-hybridized carbons (Fsp3) is 0.769. The van der Waals surface area contributed by atoms with Gasteiger partial charge in [-0.3, -0.25) is 4.79 Å². The van der Waals surface area contributed by atoms with Crippen LogP contribution in [0.5, 0.6) is 0 Å². The van der Waals surface area contributed by atoms with Gasteiger partial charge in [0, 0.05) is 12.3 Å². The largest absolute Gasteiger partial charge is 0.329 e. The second kappa shape index (κ2) is 8.68. The first-order valence-corrected chi connectivity index (χ1v) is 7.53. The zero-order chi connectivity index (χ0) is 11.6. The lowest BCUT2D eigenvalue weighted by molar-refractivity contribution is -0.124. The van der Waals surface area contributed by atoms with Crippen molar-refractivity contribution >= 4 is 17.7 Å². The van der Waals surface area contributed by atoms with Crippen molar-refractivity contribution in [2.24, 2.45) is 0 Å². The lowest BCUT2D eigenvalue weighted by Crippen LogP contribution is -2.25. The van der Waals surface area contributed by atoms with Crippen molar-refractivity contribution < 1.29 is 4.79 Å². The summed E-state index contributed by atoms with van der Waals surface area (Å²) < 4.78 is 0. The molecule has 0 aromatic rings. The molecule has 0 unspecified atom stereocenters. The molecule has 0 radical (unpaired) electrons. The summed E-state index contributed by atoms with van der Waals surface area (Å²) in [5.41, 5.74) is 0. The standard InChI is InChI=1S/C13H23NOS/c1-2-3-4-5-6-7-8-9-13(15)14-10-11-16-12-14/h8-9H,2-7,10-12H2,1H3. The van der Waals surface area contributed by atoms with Crippen molar-refractivity contribution in [3.63, 3.8) is 0 Å². The zero-order valence-electron chi connectivity index (χ0n) is 10.3. The molecule has 1 amide bonds. The number of unbranched alkanes of at least 4 members (excludes halogenated alkanes) is 5. The van der Waals surface area contributed by atoms with Crippen molar-refractivity contribution in [2.75, 3.05) is 18.2 Å². The summed E-state index contributed by atoms with van der Waals surface area (Å²) >= 11 is 1.83. The Balaban J connectivity index is 2.00. The number of carbonyl (C=O) groups excluding carboxylic acids is 1. The number of hydrogen-bond acceptors (Lipinski definition) is 2. The molecule has 2 nitrogen and oxygen atoms in total. The Morgan fingerprint density at radius 2 is 2.12 bits per heavy atom. The second-order valence-corrected chi connectivity index (χ2v) is 5.32. The molecule has 0 aromatic carbocycles. The van der Waals surface area contributed by atoms with E-state index in [0.717, 1.165) is 24.6 Å². The number of nitrogens with zero attached hydrogens (tertiary/aromatic N) is 1. The van der Waals surface area contributed by atoms with Gasteiger partial charge >= 0.3 is 0 Å². The highest BCUT2D eigenvalue weighted by molar-refractivity contribution is 7.99. The summed E-state index contributed by atoms with van der Waals surface area (Å²) in [7, 11) is 0. The second-order valence-electron chi connectivity index (χ2n) is 4.24. The zero-order valence-corrected chi connectivity index (χ0v) is 11.1. The monoisotopic (exact) mass is 241 g/mol. The van der Waals surface area contributed by atoms with Crippen LogP contribution in [-0.2, 0) is 4.79 Å². The fourth-order valence-electron chi connectivity index (χ4n) is 1.74. The van der Waals surface area contributed by atoms with Crippen molar-refractivity contribution in [2.45, 2.75) is 45.4 Å². The van der Waals surface area contributed by atoms with Crippen molar-refractivity contribution in [1.82, 2.24) is 4.90 Å². The van der Waals surface area contributed by atoms with Crippen LogP contribution in [0, 0.1) is 0 Å². The molecule has 0 spiro atoms. The van der Waals surface area contributed by atoms with E-state index in [4.69, 9.17) is 0 Å². The first-order chi connectivity index (χ1) is 7.84. The van der Waals surface area contributed by atoms with Crippen LogP contribution >= 0.6 is 11.8 Å². The SMILES string of the molecule is CCCCCCCC=CC(=O)N1CCSC1. The quantitative estimate of drug-likeness (QED) is 0.503. The van der Waals surface area contributed by atoms with Gasteiger partial charge in [0.1, 0.15) is 0 Å². The Morgan fingerprint density at radius 3 is 2.81 bits per heavy atom. The highest BCUT2D eigenvalue weighted by Gasteiger charge is 2.15. The van der Waals surface area contributed by atoms with E-state index < -0.39 is 0 Å². The highest BCUT2D eigenvalue weighted by Crippen LogP contribution is 2.13.